The Morgan fingerprint density at radius 1 is 1.47 bits per heavy atom. The molecular weight excluding hydrogens is 236 g/mol. The second kappa shape index (κ2) is 7.88. The van der Waals surface area contributed by atoms with Gasteiger partial charge < -0.3 is 11.1 Å². The molecule has 3 atom stereocenters. The molecule has 0 aliphatic heterocycles. The van der Waals surface area contributed by atoms with E-state index in [-0.39, 0.29) is 17.4 Å². The Balaban J connectivity index is 2.60. The Morgan fingerprint density at radius 3 is 2.74 bits per heavy atom. The van der Waals surface area contributed by atoms with E-state index >= 15 is 0 Å². The number of nitrogens with two attached hydrogens (primary N) is 1. The summed E-state index contributed by atoms with van der Waals surface area (Å²) < 4.78 is 0. The highest BCUT2D eigenvalue weighted by Gasteiger charge is 2.36. The largest absolute Gasteiger partial charge is 0.349 e. The molecule has 1 rings (SSSR count). The van der Waals surface area contributed by atoms with Crippen LogP contribution in [0.1, 0.15) is 72.1 Å². The van der Waals surface area contributed by atoms with Crippen LogP contribution in [0, 0.1) is 11.8 Å². The summed E-state index contributed by atoms with van der Waals surface area (Å²) in [6, 6.07) is 0. The van der Waals surface area contributed by atoms with E-state index in [2.05, 4.69) is 26.1 Å². The lowest BCUT2D eigenvalue weighted by Crippen LogP contribution is -2.57. The van der Waals surface area contributed by atoms with Gasteiger partial charge in [-0.25, -0.2) is 0 Å². The van der Waals surface area contributed by atoms with Crippen LogP contribution in [0.15, 0.2) is 0 Å². The minimum absolute atomic E-state index is 0.131. The van der Waals surface area contributed by atoms with Gasteiger partial charge in [0.15, 0.2) is 0 Å². The van der Waals surface area contributed by atoms with E-state index in [4.69, 9.17) is 5.73 Å². The predicted octanol–water partition coefficient (Wildman–Crippen LogP) is 3.23. The van der Waals surface area contributed by atoms with Crippen LogP contribution < -0.4 is 11.1 Å². The zero-order valence-electron chi connectivity index (χ0n) is 13.0. The van der Waals surface area contributed by atoms with Crippen LogP contribution in [0.3, 0.4) is 0 Å². The molecule has 1 amide bonds. The van der Waals surface area contributed by atoms with Gasteiger partial charge in [-0.15, -0.1) is 0 Å². The van der Waals surface area contributed by atoms with Gasteiger partial charge in [0, 0.05) is 12.5 Å². The number of hydrogen-bond acceptors (Lipinski definition) is 2. The van der Waals surface area contributed by atoms with Crippen molar-refractivity contribution in [2.45, 2.75) is 77.7 Å². The van der Waals surface area contributed by atoms with Crippen LogP contribution in [-0.2, 0) is 4.79 Å². The summed E-state index contributed by atoms with van der Waals surface area (Å²) in [5.74, 6) is 1.07. The number of amides is 1. The number of unbranched alkanes of at least 4 members (excludes halogenated alkanes) is 1. The quantitative estimate of drug-likeness (QED) is 0.745. The molecule has 19 heavy (non-hydrogen) atoms. The molecule has 0 aromatic heterocycles. The normalized spacial score (nSPS) is 28.9. The van der Waals surface area contributed by atoms with Crippen molar-refractivity contribution in [3.05, 3.63) is 0 Å². The van der Waals surface area contributed by atoms with E-state index in [9.17, 15) is 4.79 Å². The van der Waals surface area contributed by atoms with Crippen LogP contribution in [-0.4, -0.2) is 18.0 Å². The molecule has 3 unspecified atom stereocenters. The summed E-state index contributed by atoms with van der Waals surface area (Å²) in [5, 5.41) is 3.31. The van der Waals surface area contributed by atoms with Gasteiger partial charge in [0.2, 0.25) is 5.91 Å². The molecule has 3 nitrogen and oxygen atoms in total. The maximum Gasteiger partial charge on any atom is 0.223 e. The molecule has 1 aliphatic rings. The van der Waals surface area contributed by atoms with Crippen molar-refractivity contribution in [1.29, 1.82) is 0 Å². The first-order valence-corrected chi connectivity index (χ1v) is 8.09. The Bertz CT molecular complexity index is 280. The summed E-state index contributed by atoms with van der Waals surface area (Å²) in [5.41, 5.74) is 5.85. The molecule has 0 aromatic rings. The van der Waals surface area contributed by atoms with Gasteiger partial charge in [0.25, 0.3) is 0 Å². The lowest BCUT2D eigenvalue weighted by atomic mass is 9.76. The standard InChI is InChI=1S/C16H32N2O/c1-4-6-9-14(5-2)15(19)18-16(12-17)10-7-8-13(3)11-16/h13-14H,4-12,17H2,1-3H3,(H,18,19). The van der Waals surface area contributed by atoms with Gasteiger partial charge in [-0.05, 0) is 31.6 Å². The fraction of sp³-hybridized carbons (Fsp3) is 0.938. The summed E-state index contributed by atoms with van der Waals surface area (Å²) in [6.45, 7) is 7.13. The van der Waals surface area contributed by atoms with Crippen LogP contribution in [0.4, 0.5) is 0 Å². The highest BCUT2D eigenvalue weighted by molar-refractivity contribution is 5.79. The Morgan fingerprint density at radius 2 is 2.21 bits per heavy atom. The molecule has 3 heteroatoms. The first-order chi connectivity index (χ1) is 9.06. The average molecular weight is 268 g/mol. The van der Waals surface area contributed by atoms with Gasteiger partial charge in [0.1, 0.15) is 0 Å². The third kappa shape index (κ3) is 4.79. The third-order valence-corrected chi connectivity index (χ3v) is 4.64. The summed E-state index contributed by atoms with van der Waals surface area (Å²) in [6.07, 6.45) is 8.77. The molecule has 0 radical (unpaired) electrons. The van der Waals surface area contributed by atoms with E-state index in [1.54, 1.807) is 0 Å². The SMILES string of the molecule is CCCCC(CC)C(=O)NC1(CN)CCCC(C)C1. The maximum atomic E-state index is 12.5. The molecule has 0 aromatic carbocycles. The fourth-order valence-corrected chi connectivity index (χ4v) is 3.34. The third-order valence-electron chi connectivity index (χ3n) is 4.64. The second-order valence-corrected chi connectivity index (χ2v) is 6.42. The van der Waals surface area contributed by atoms with Gasteiger partial charge in [-0.2, -0.15) is 0 Å². The average Bonchev–Trinajstić information content (AvgIpc) is 2.39. The molecule has 0 bridgehead atoms. The van der Waals surface area contributed by atoms with Gasteiger partial charge in [0.05, 0.1) is 5.54 Å². The number of carbonyl (C=O) groups is 1. The fourth-order valence-electron chi connectivity index (χ4n) is 3.34. The van der Waals surface area contributed by atoms with Crippen molar-refractivity contribution >= 4 is 5.91 Å². The number of hydrogen-bond donors (Lipinski definition) is 2. The predicted molar refractivity (Wildman–Crippen MR) is 80.9 cm³/mol. The summed E-state index contributed by atoms with van der Waals surface area (Å²) in [7, 11) is 0. The highest BCUT2D eigenvalue weighted by atomic mass is 16.2. The molecule has 1 saturated carbocycles. The molecule has 1 aliphatic carbocycles. The molecule has 3 N–H and O–H groups in total. The van der Waals surface area contributed by atoms with Crippen LogP contribution in [0.25, 0.3) is 0 Å². The van der Waals surface area contributed by atoms with Crippen molar-refractivity contribution in [2.24, 2.45) is 17.6 Å². The zero-order valence-corrected chi connectivity index (χ0v) is 13.0. The smallest absolute Gasteiger partial charge is 0.223 e. The highest BCUT2D eigenvalue weighted by Crippen LogP contribution is 2.32. The van der Waals surface area contributed by atoms with Crippen molar-refractivity contribution in [1.82, 2.24) is 5.32 Å². The number of nitrogens with one attached hydrogen (secondary N) is 1. The molecular formula is C16H32N2O. The minimum atomic E-state index is -0.131. The zero-order chi connectivity index (χ0) is 14.3. The Labute approximate surface area is 118 Å². The topological polar surface area (TPSA) is 55.1 Å². The van der Waals surface area contributed by atoms with Gasteiger partial charge in [-0.3, -0.25) is 4.79 Å². The first-order valence-electron chi connectivity index (χ1n) is 8.09. The van der Waals surface area contributed by atoms with Crippen molar-refractivity contribution in [2.75, 3.05) is 6.54 Å². The molecule has 112 valence electrons. The van der Waals surface area contributed by atoms with E-state index in [1.165, 1.54) is 12.8 Å². The van der Waals surface area contributed by atoms with Crippen molar-refractivity contribution in [3.63, 3.8) is 0 Å². The maximum absolute atomic E-state index is 12.5. The van der Waals surface area contributed by atoms with E-state index < -0.39 is 0 Å². The summed E-state index contributed by atoms with van der Waals surface area (Å²) in [4.78, 5) is 12.5. The Kier molecular flexibility index (Phi) is 6.84. The van der Waals surface area contributed by atoms with Crippen LogP contribution >= 0.6 is 0 Å². The summed E-state index contributed by atoms with van der Waals surface area (Å²) >= 11 is 0. The second-order valence-electron chi connectivity index (χ2n) is 6.42. The van der Waals surface area contributed by atoms with Crippen molar-refractivity contribution < 1.29 is 4.79 Å². The number of rotatable bonds is 7. The monoisotopic (exact) mass is 268 g/mol. The van der Waals surface area contributed by atoms with E-state index in [1.807, 2.05) is 0 Å². The molecule has 1 fully saturated rings. The Hall–Kier alpha value is -0.570. The molecule has 0 heterocycles. The van der Waals surface area contributed by atoms with Crippen LogP contribution in [0.2, 0.25) is 0 Å². The molecule has 0 saturated heterocycles. The number of carbonyl (C=O) groups excluding carboxylic acids is 1. The van der Waals surface area contributed by atoms with Gasteiger partial charge >= 0.3 is 0 Å². The lowest BCUT2D eigenvalue weighted by molar-refractivity contribution is -0.127. The first kappa shape index (κ1) is 16.5. The molecule has 0 spiro atoms. The van der Waals surface area contributed by atoms with E-state index in [0.717, 1.165) is 38.5 Å². The van der Waals surface area contributed by atoms with E-state index in [0.29, 0.717) is 12.5 Å². The minimum Gasteiger partial charge on any atom is -0.349 e. The van der Waals surface area contributed by atoms with Crippen molar-refractivity contribution in [3.8, 4) is 0 Å². The van der Waals surface area contributed by atoms with Gasteiger partial charge in [-0.1, -0.05) is 46.5 Å². The lowest BCUT2D eigenvalue weighted by Gasteiger charge is -2.40. The van der Waals surface area contributed by atoms with Crippen LogP contribution in [0.5, 0.6) is 0 Å².